The lowest BCUT2D eigenvalue weighted by molar-refractivity contribution is -0.136. The second kappa shape index (κ2) is 30.8. The van der Waals surface area contributed by atoms with Crippen molar-refractivity contribution in [2.75, 3.05) is 78.7 Å². The molecule has 0 N–H and O–H groups in total. The Kier molecular flexibility index (Phi) is 25.1. The average Bonchev–Trinajstić information content (AvgIpc) is 1.78. The predicted octanol–water partition coefficient (Wildman–Crippen LogP) is 16.6. The molecule has 0 radical (unpaired) electrons. The van der Waals surface area contributed by atoms with Crippen LogP contribution in [0.15, 0.2) is 11.6 Å². The van der Waals surface area contributed by atoms with Gasteiger partial charge >= 0.3 is 0 Å². The summed E-state index contributed by atoms with van der Waals surface area (Å²) in [5.41, 5.74) is 3.23. The summed E-state index contributed by atoms with van der Waals surface area (Å²) in [5.74, 6) is 8.07. The van der Waals surface area contributed by atoms with E-state index in [9.17, 15) is 0 Å². The van der Waals surface area contributed by atoms with Crippen LogP contribution in [0.5, 0.6) is 0 Å². The smallest absolute Gasteiger partial charge is 0.160 e. The third-order valence-corrected chi connectivity index (χ3v) is 24.0. The molecule has 1 saturated carbocycles. The lowest BCUT2D eigenvalue weighted by atomic mass is 9.54. The van der Waals surface area contributed by atoms with Crippen LogP contribution < -0.4 is 0 Å². The number of rotatable bonds is 15. The van der Waals surface area contributed by atoms with Crippen molar-refractivity contribution in [3.8, 4) is 0 Å². The molecule has 6 bridgehead atoms. The molecule has 516 valence electrons. The minimum atomic E-state index is 0.0200. The highest BCUT2D eigenvalue weighted by molar-refractivity contribution is 5.28. The van der Waals surface area contributed by atoms with E-state index in [4.69, 9.17) is 28.4 Å². The topological polar surface area (TPSA) is 71.6 Å². The maximum absolute atomic E-state index is 6.34. The molecule has 11 heteroatoms. The summed E-state index contributed by atoms with van der Waals surface area (Å²) in [4.78, 5) is 13.6. The van der Waals surface area contributed by atoms with Crippen molar-refractivity contribution < 1.29 is 28.4 Å². The van der Waals surface area contributed by atoms with Crippen LogP contribution in [0.1, 0.15) is 260 Å². The van der Waals surface area contributed by atoms with Gasteiger partial charge in [0.1, 0.15) is 0 Å². The normalized spacial score (nSPS) is 37.4. The number of fused-ring (bicyclic) bond motifs is 6. The van der Waals surface area contributed by atoms with E-state index in [0.29, 0.717) is 23.2 Å². The maximum atomic E-state index is 6.34. The first-order valence-corrected chi connectivity index (χ1v) is 38.3. The minimum Gasteiger partial charge on any atom is -0.349 e. The molecule has 89 heavy (non-hydrogen) atoms. The molecule has 9 atom stereocenters. The number of hydrogen-bond acceptors (Lipinski definition) is 11. The van der Waals surface area contributed by atoms with Crippen molar-refractivity contribution in [3.05, 3.63) is 11.6 Å². The maximum Gasteiger partial charge on any atom is 0.160 e. The van der Waals surface area contributed by atoms with Gasteiger partial charge in [-0.25, -0.2) is 0 Å². The van der Waals surface area contributed by atoms with Gasteiger partial charge in [0.05, 0.1) is 36.6 Å². The molecule has 0 amide bonds. The summed E-state index contributed by atoms with van der Waals surface area (Å²) in [6.07, 6.45) is 28.7. The van der Waals surface area contributed by atoms with Crippen molar-refractivity contribution in [3.63, 3.8) is 0 Å². The van der Waals surface area contributed by atoms with Crippen LogP contribution in [0.2, 0.25) is 0 Å². The molecule has 11 heterocycles. The Morgan fingerprint density at radius 2 is 0.674 bits per heavy atom. The van der Waals surface area contributed by atoms with Crippen LogP contribution in [0.3, 0.4) is 0 Å². The van der Waals surface area contributed by atoms with Crippen molar-refractivity contribution in [1.82, 2.24) is 24.5 Å². The molecule has 11 nitrogen and oxygen atoms in total. The number of hydrogen-bond donors (Lipinski definition) is 0. The Labute approximate surface area is 549 Å². The SMILES string of the molecule is CC(C)CN1C2CCC1CC1(C=C(C(C)C)C1)C2.CC(C)CN1C2CCC1CC1(CC(C(C)C)C1)C2.CC(C)CN1C2CCC1CC1(COC(C(C)C)O1)C2.CC(C)CN1CCC2(CC1)COC(C(C)C)O2.CC(C)CN1CCC2(CC1)COC(C(C)C)O2. The zero-order chi connectivity index (χ0) is 64.4. The summed E-state index contributed by atoms with van der Waals surface area (Å²) < 4.78 is 36.1. The number of allylic oxidation sites excluding steroid dienone is 2. The molecule has 13 aliphatic rings. The molecule has 12 fully saturated rings. The number of piperidine rings is 5. The molecule has 9 unspecified atom stereocenters. The molecule has 13 rings (SSSR count). The molecule has 5 spiro atoms. The third-order valence-electron chi connectivity index (χ3n) is 24.0. The molecular formula is C78H143N5O6. The highest BCUT2D eigenvalue weighted by Gasteiger charge is 2.56. The fraction of sp³-hybridized carbons (Fsp3) is 0.974. The van der Waals surface area contributed by atoms with Crippen molar-refractivity contribution in [1.29, 1.82) is 0 Å². The summed E-state index contributed by atoms with van der Waals surface area (Å²) >= 11 is 0. The Morgan fingerprint density at radius 1 is 0.371 bits per heavy atom. The molecule has 11 saturated heterocycles. The fourth-order valence-electron chi connectivity index (χ4n) is 19.5. The van der Waals surface area contributed by atoms with E-state index in [1.807, 2.05) is 0 Å². The van der Waals surface area contributed by atoms with Gasteiger partial charge in [0.15, 0.2) is 18.9 Å². The van der Waals surface area contributed by atoms with Gasteiger partial charge in [0, 0.05) is 113 Å². The van der Waals surface area contributed by atoms with Crippen LogP contribution in [-0.4, -0.2) is 175 Å². The second-order valence-corrected chi connectivity index (χ2v) is 36.5. The van der Waals surface area contributed by atoms with Gasteiger partial charge in [-0.15, -0.1) is 0 Å². The van der Waals surface area contributed by atoms with E-state index >= 15 is 0 Å². The van der Waals surface area contributed by atoms with Crippen molar-refractivity contribution >= 4 is 0 Å². The van der Waals surface area contributed by atoms with E-state index in [1.54, 1.807) is 18.4 Å². The summed E-state index contributed by atoms with van der Waals surface area (Å²) in [5, 5.41) is 0. The van der Waals surface area contributed by atoms with Crippen LogP contribution in [0.25, 0.3) is 0 Å². The van der Waals surface area contributed by atoms with E-state index in [1.165, 1.54) is 116 Å². The van der Waals surface area contributed by atoms with Gasteiger partial charge in [-0.1, -0.05) is 150 Å². The molecule has 0 aromatic rings. The van der Waals surface area contributed by atoms with Crippen LogP contribution in [0.4, 0.5) is 0 Å². The molecular weight excluding hydrogens is 1100 g/mol. The molecule has 0 aromatic heterocycles. The van der Waals surface area contributed by atoms with E-state index in [0.717, 1.165) is 161 Å². The predicted molar refractivity (Wildman–Crippen MR) is 369 cm³/mol. The quantitative estimate of drug-likeness (QED) is 0.147. The van der Waals surface area contributed by atoms with Gasteiger partial charge in [-0.05, 0) is 180 Å². The minimum absolute atomic E-state index is 0.0200. The van der Waals surface area contributed by atoms with Gasteiger partial charge in [0.25, 0.3) is 0 Å². The monoisotopic (exact) mass is 1250 g/mol. The lowest BCUT2D eigenvalue weighted by Gasteiger charge is -2.56. The first kappa shape index (κ1) is 72.6. The highest BCUT2D eigenvalue weighted by Crippen LogP contribution is 2.60. The zero-order valence-electron chi connectivity index (χ0n) is 61.7. The van der Waals surface area contributed by atoms with Crippen molar-refractivity contribution in [2.45, 2.75) is 332 Å². The van der Waals surface area contributed by atoms with Crippen LogP contribution in [0, 0.1) is 75.9 Å². The summed E-state index contributed by atoms with van der Waals surface area (Å²) in [6.45, 7) is 59.2. The number of likely N-dealkylation sites (tertiary alicyclic amines) is 2. The van der Waals surface area contributed by atoms with Crippen molar-refractivity contribution in [2.24, 2.45) is 75.9 Å². The molecule has 11 aliphatic heterocycles. The van der Waals surface area contributed by atoms with E-state index in [2.05, 4.69) is 169 Å². The van der Waals surface area contributed by atoms with Gasteiger partial charge in [-0.3, -0.25) is 14.7 Å². The van der Waals surface area contributed by atoms with Gasteiger partial charge < -0.3 is 38.2 Å². The standard InChI is InChI=1S/C17H31N.C17H29N.C16H29NO2.2C14H27NO2/c2*1-12(2)11-18-15-5-6-16(18)10-17(9-15)7-14(8-17)13(3)4;1-11(2)9-17-13-5-6-14(17)8-16(7-13)10-18-15(19-16)12(3)4;2*1-11(2)9-15-7-5-14(6-8-15)10-16-13(17-14)12(3)4/h12-16H,5-11H2,1-4H3;7,12-13,15-16H,5-6,8-11H2,1-4H3;11-15H,5-10H2,1-4H3;2*11-13H,5-10H2,1-4H3. The first-order valence-electron chi connectivity index (χ1n) is 38.3. The zero-order valence-corrected chi connectivity index (χ0v) is 61.7. The fourth-order valence-corrected chi connectivity index (χ4v) is 19.5. The number of nitrogens with zero attached hydrogens (tertiary/aromatic N) is 5. The molecule has 2 aliphatic carbocycles. The van der Waals surface area contributed by atoms with Crippen LogP contribution in [-0.2, 0) is 28.4 Å². The van der Waals surface area contributed by atoms with Crippen LogP contribution >= 0.6 is 0 Å². The first-order chi connectivity index (χ1) is 42.0. The Morgan fingerprint density at radius 3 is 0.966 bits per heavy atom. The third kappa shape index (κ3) is 18.5. The van der Waals surface area contributed by atoms with Gasteiger partial charge in [-0.2, -0.15) is 0 Å². The Hall–Kier alpha value is -0.700. The second-order valence-electron chi connectivity index (χ2n) is 36.5. The number of ether oxygens (including phenoxy) is 6. The highest BCUT2D eigenvalue weighted by atomic mass is 16.7. The largest absolute Gasteiger partial charge is 0.349 e. The molecule has 0 aromatic carbocycles. The lowest BCUT2D eigenvalue weighted by Crippen LogP contribution is -2.53. The van der Waals surface area contributed by atoms with E-state index in [-0.39, 0.29) is 35.7 Å². The Balaban J connectivity index is 0.000000132. The van der Waals surface area contributed by atoms with E-state index < -0.39 is 0 Å². The summed E-state index contributed by atoms with van der Waals surface area (Å²) in [7, 11) is 0. The Bertz CT molecular complexity index is 2070. The van der Waals surface area contributed by atoms with Gasteiger partial charge in [0.2, 0.25) is 0 Å². The summed E-state index contributed by atoms with van der Waals surface area (Å²) in [6, 6.07) is 5.15. The average molecular weight is 1250 g/mol.